The van der Waals surface area contributed by atoms with Crippen LogP contribution in [0.25, 0.3) is 0 Å². The number of nitriles is 1. The smallest absolute Gasteiger partial charge is 0.144 e. The van der Waals surface area contributed by atoms with Gasteiger partial charge < -0.3 is 10.1 Å². The van der Waals surface area contributed by atoms with Crippen LogP contribution in [0.15, 0.2) is 18.3 Å². The Labute approximate surface area is 82.5 Å². The second kappa shape index (κ2) is 3.64. The number of ether oxygens (including phenoxy) is 1. The summed E-state index contributed by atoms with van der Waals surface area (Å²) in [7, 11) is 0. The Kier molecular flexibility index (Phi) is 2.33. The van der Waals surface area contributed by atoms with E-state index in [0.717, 1.165) is 12.3 Å². The zero-order valence-corrected chi connectivity index (χ0v) is 7.90. The van der Waals surface area contributed by atoms with E-state index in [1.807, 2.05) is 6.07 Å². The van der Waals surface area contributed by atoms with Gasteiger partial charge in [0, 0.05) is 24.8 Å². The van der Waals surface area contributed by atoms with Crippen molar-refractivity contribution in [3.05, 3.63) is 24.0 Å². The van der Waals surface area contributed by atoms with Crippen molar-refractivity contribution >= 4 is 0 Å². The summed E-state index contributed by atoms with van der Waals surface area (Å²) in [5.41, 5.74) is 0.391. The third-order valence-electron chi connectivity index (χ3n) is 2.33. The Bertz CT molecular complexity index is 372. The van der Waals surface area contributed by atoms with E-state index in [0.29, 0.717) is 11.7 Å². The Morgan fingerprint density at radius 2 is 2.57 bits per heavy atom. The van der Waals surface area contributed by atoms with Crippen molar-refractivity contribution in [3.8, 4) is 11.8 Å². The number of nitrogens with one attached hydrogen (secondary N) is 1. The van der Waals surface area contributed by atoms with Crippen LogP contribution in [0, 0.1) is 11.3 Å². The molecule has 2 atom stereocenters. The lowest BCUT2D eigenvalue weighted by Crippen LogP contribution is -2.58. The molecule has 0 amide bonds. The van der Waals surface area contributed by atoms with Crippen LogP contribution in [0.2, 0.25) is 0 Å². The summed E-state index contributed by atoms with van der Waals surface area (Å²) < 4.78 is 5.65. The molecule has 4 heteroatoms. The normalized spacial score (nSPS) is 24.9. The number of pyridine rings is 1. The second-order valence-electron chi connectivity index (χ2n) is 3.34. The van der Waals surface area contributed by atoms with Gasteiger partial charge in [-0.3, -0.25) is 0 Å². The fraction of sp³-hybridized carbons (Fsp3) is 0.400. The largest absolute Gasteiger partial charge is 0.487 e. The summed E-state index contributed by atoms with van der Waals surface area (Å²) in [6, 6.07) is 5.79. The molecule has 1 aliphatic rings. The van der Waals surface area contributed by atoms with Gasteiger partial charge >= 0.3 is 0 Å². The molecular weight excluding hydrogens is 178 g/mol. The lowest BCUT2D eigenvalue weighted by atomic mass is 10.1. The lowest BCUT2D eigenvalue weighted by molar-refractivity contribution is 0.0937. The van der Waals surface area contributed by atoms with Crippen molar-refractivity contribution in [1.82, 2.24) is 10.3 Å². The van der Waals surface area contributed by atoms with Gasteiger partial charge in [0.2, 0.25) is 0 Å². The predicted octanol–water partition coefficient (Wildman–Crippen LogP) is 0.692. The topological polar surface area (TPSA) is 57.9 Å². The van der Waals surface area contributed by atoms with Crippen LogP contribution in [-0.2, 0) is 0 Å². The van der Waals surface area contributed by atoms with Crippen LogP contribution in [0.1, 0.15) is 12.6 Å². The molecule has 0 aromatic carbocycles. The molecule has 1 saturated heterocycles. The highest BCUT2D eigenvalue weighted by Gasteiger charge is 2.27. The predicted molar refractivity (Wildman–Crippen MR) is 50.8 cm³/mol. The Balaban J connectivity index is 2.06. The third kappa shape index (κ3) is 1.68. The molecule has 2 rings (SSSR count). The molecule has 1 aromatic rings. The summed E-state index contributed by atoms with van der Waals surface area (Å²) in [6.45, 7) is 2.94. The number of hydrogen-bond donors (Lipinski definition) is 1. The van der Waals surface area contributed by atoms with Crippen LogP contribution >= 0.6 is 0 Å². The van der Waals surface area contributed by atoms with Gasteiger partial charge in [-0.05, 0) is 13.0 Å². The summed E-state index contributed by atoms with van der Waals surface area (Å²) >= 11 is 0. The van der Waals surface area contributed by atoms with E-state index < -0.39 is 0 Å². The van der Waals surface area contributed by atoms with Crippen molar-refractivity contribution in [2.45, 2.75) is 19.1 Å². The van der Waals surface area contributed by atoms with Gasteiger partial charge in [0.15, 0.2) is 0 Å². The van der Waals surface area contributed by atoms with Crippen LogP contribution in [0.3, 0.4) is 0 Å². The van der Waals surface area contributed by atoms with Crippen LogP contribution in [0.4, 0.5) is 0 Å². The molecule has 0 spiro atoms. The first kappa shape index (κ1) is 8.97. The maximum atomic E-state index is 8.64. The van der Waals surface area contributed by atoms with Gasteiger partial charge in [0.25, 0.3) is 0 Å². The van der Waals surface area contributed by atoms with Gasteiger partial charge in [-0.15, -0.1) is 0 Å². The Morgan fingerprint density at radius 1 is 1.71 bits per heavy atom. The summed E-state index contributed by atoms with van der Waals surface area (Å²) in [5.74, 6) is 0.718. The molecule has 1 N–H and O–H groups in total. The minimum Gasteiger partial charge on any atom is -0.487 e. The van der Waals surface area contributed by atoms with Crippen molar-refractivity contribution in [2.75, 3.05) is 6.54 Å². The SMILES string of the molecule is C[C@@H]1NC[C@@H]1Oc1ccnc(C#N)c1. The molecule has 14 heavy (non-hydrogen) atoms. The Hall–Kier alpha value is -1.60. The fourth-order valence-electron chi connectivity index (χ4n) is 1.31. The highest BCUT2D eigenvalue weighted by atomic mass is 16.5. The molecule has 0 radical (unpaired) electrons. The summed E-state index contributed by atoms with van der Waals surface area (Å²) in [6.07, 6.45) is 1.80. The van der Waals surface area contributed by atoms with E-state index in [2.05, 4.69) is 17.2 Å². The number of rotatable bonds is 2. The quantitative estimate of drug-likeness (QED) is 0.743. The monoisotopic (exact) mass is 189 g/mol. The van der Waals surface area contributed by atoms with Gasteiger partial charge in [0.1, 0.15) is 23.6 Å². The molecule has 2 heterocycles. The summed E-state index contributed by atoms with van der Waals surface area (Å²) in [4.78, 5) is 3.87. The highest BCUT2D eigenvalue weighted by molar-refractivity contribution is 5.30. The first-order valence-corrected chi connectivity index (χ1v) is 4.56. The zero-order valence-electron chi connectivity index (χ0n) is 7.90. The molecule has 1 fully saturated rings. The third-order valence-corrected chi connectivity index (χ3v) is 2.33. The molecule has 4 nitrogen and oxygen atoms in total. The molecule has 1 aromatic heterocycles. The molecule has 0 unspecified atom stereocenters. The number of nitrogens with zero attached hydrogens (tertiary/aromatic N) is 2. The fourth-order valence-corrected chi connectivity index (χ4v) is 1.31. The number of hydrogen-bond acceptors (Lipinski definition) is 4. The van der Waals surface area contributed by atoms with E-state index >= 15 is 0 Å². The van der Waals surface area contributed by atoms with E-state index in [1.165, 1.54) is 0 Å². The van der Waals surface area contributed by atoms with Crippen LogP contribution in [-0.4, -0.2) is 23.7 Å². The van der Waals surface area contributed by atoms with Crippen molar-refractivity contribution < 1.29 is 4.74 Å². The van der Waals surface area contributed by atoms with Crippen molar-refractivity contribution in [2.24, 2.45) is 0 Å². The first-order chi connectivity index (χ1) is 6.79. The molecule has 0 bridgehead atoms. The van der Waals surface area contributed by atoms with E-state index in [4.69, 9.17) is 10.00 Å². The molecule has 1 aliphatic heterocycles. The average molecular weight is 189 g/mol. The average Bonchev–Trinajstić information content (AvgIpc) is 2.24. The van der Waals surface area contributed by atoms with Crippen molar-refractivity contribution in [3.63, 3.8) is 0 Å². The van der Waals surface area contributed by atoms with E-state index in [-0.39, 0.29) is 6.10 Å². The van der Waals surface area contributed by atoms with Gasteiger partial charge in [0.05, 0.1) is 0 Å². The molecule has 0 saturated carbocycles. The highest BCUT2D eigenvalue weighted by Crippen LogP contribution is 2.16. The zero-order chi connectivity index (χ0) is 9.97. The van der Waals surface area contributed by atoms with Crippen LogP contribution < -0.4 is 10.1 Å². The maximum Gasteiger partial charge on any atom is 0.144 e. The van der Waals surface area contributed by atoms with E-state index in [9.17, 15) is 0 Å². The first-order valence-electron chi connectivity index (χ1n) is 4.56. The second-order valence-corrected chi connectivity index (χ2v) is 3.34. The lowest BCUT2D eigenvalue weighted by Gasteiger charge is -2.35. The molecule has 72 valence electrons. The standard InChI is InChI=1S/C10H11N3O/c1-7-10(6-13-7)14-9-2-3-12-8(4-9)5-11/h2-4,7,10,13H,6H2,1H3/t7-,10-/m0/s1. The van der Waals surface area contributed by atoms with Gasteiger partial charge in [-0.1, -0.05) is 0 Å². The van der Waals surface area contributed by atoms with Gasteiger partial charge in [-0.2, -0.15) is 5.26 Å². The van der Waals surface area contributed by atoms with Crippen molar-refractivity contribution in [1.29, 1.82) is 5.26 Å². The number of aromatic nitrogens is 1. The van der Waals surface area contributed by atoms with Crippen LogP contribution in [0.5, 0.6) is 5.75 Å². The Morgan fingerprint density at radius 3 is 3.14 bits per heavy atom. The molecule has 0 aliphatic carbocycles. The minimum atomic E-state index is 0.212. The molecular formula is C10H11N3O. The minimum absolute atomic E-state index is 0.212. The summed E-state index contributed by atoms with van der Waals surface area (Å²) in [5, 5.41) is 11.8. The van der Waals surface area contributed by atoms with E-state index in [1.54, 1.807) is 18.3 Å². The van der Waals surface area contributed by atoms with Gasteiger partial charge in [-0.25, -0.2) is 4.98 Å². The maximum absolute atomic E-state index is 8.64.